The number of halogens is 1. The van der Waals surface area contributed by atoms with Gasteiger partial charge in [0.2, 0.25) is 0 Å². The molecule has 2 atom stereocenters. The molecule has 0 aliphatic carbocycles. The molecule has 0 saturated carbocycles. The maximum Gasteiger partial charge on any atom is 0.320 e. The molecule has 1 rings (SSSR count). The number of aryl methyl sites for hydroxylation is 1. The normalized spacial score (nSPS) is 14.6. The predicted octanol–water partition coefficient (Wildman–Crippen LogP) is 2.16. The van der Waals surface area contributed by atoms with Crippen LogP contribution in [0.4, 0.5) is 0 Å². The molecular formula is C13H19BrN2O2. The van der Waals surface area contributed by atoms with Crippen molar-refractivity contribution in [3.8, 4) is 0 Å². The Labute approximate surface area is 116 Å². The lowest BCUT2D eigenvalue weighted by molar-refractivity contribution is -0.139. The van der Waals surface area contributed by atoms with Crippen LogP contribution in [0.15, 0.2) is 22.7 Å². The van der Waals surface area contributed by atoms with Crippen LogP contribution in [-0.4, -0.2) is 36.1 Å². The van der Waals surface area contributed by atoms with Crippen LogP contribution in [0.1, 0.15) is 23.6 Å². The number of carboxylic acid groups (broad SMARTS) is 1. The Bertz CT molecular complexity index is 435. The SMILES string of the molecule is Cc1ccc(Br)cc1C(CC(N)C(=O)O)N(C)C. The van der Waals surface area contributed by atoms with Gasteiger partial charge in [-0.05, 0) is 50.7 Å². The van der Waals surface area contributed by atoms with Crippen LogP contribution in [0.2, 0.25) is 0 Å². The molecule has 0 bridgehead atoms. The highest BCUT2D eigenvalue weighted by Crippen LogP contribution is 2.28. The first-order valence-corrected chi connectivity index (χ1v) is 6.53. The van der Waals surface area contributed by atoms with Crippen LogP contribution in [0.25, 0.3) is 0 Å². The van der Waals surface area contributed by atoms with Crippen LogP contribution in [-0.2, 0) is 4.79 Å². The lowest BCUT2D eigenvalue weighted by Gasteiger charge is -2.27. The van der Waals surface area contributed by atoms with Gasteiger partial charge >= 0.3 is 5.97 Å². The number of benzene rings is 1. The molecule has 0 heterocycles. The highest BCUT2D eigenvalue weighted by atomic mass is 79.9. The summed E-state index contributed by atoms with van der Waals surface area (Å²) in [7, 11) is 3.86. The van der Waals surface area contributed by atoms with Crippen molar-refractivity contribution in [3.05, 3.63) is 33.8 Å². The first-order valence-electron chi connectivity index (χ1n) is 5.73. The second kappa shape index (κ2) is 6.31. The standard InChI is InChI=1S/C13H19BrN2O2/c1-8-4-5-9(14)6-10(8)12(16(2)3)7-11(15)13(17)18/h4-6,11-12H,7,15H2,1-3H3,(H,17,18). The molecule has 0 radical (unpaired) electrons. The van der Waals surface area contributed by atoms with Gasteiger partial charge < -0.3 is 15.7 Å². The number of nitrogens with two attached hydrogens (primary N) is 1. The maximum absolute atomic E-state index is 10.9. The minimum absolute atomic E-state index is 0.00593. The second-order valence-electron chi connectivity index (χ2n) is 4.66. The summed E-state index contributed by atoms with van der Waals surface area (Å²) in [6, 6.07) is 5.16. The van der Waals surface area contributed by atoms with Crippen molar-refractivity contribution in [1.82, 2.24) is 4.90 Å². The van der Waals surface area contributed by atoms with Crippen molar-refractivity contribution in [2.75, 3.05) is 14.1 Å². The van der Waals surface area contributed by atoms with Gasteiger partial charge in [-0.2, -0.15) is 0 Å². The summed E-state index contributed by atoms with van der Waals surface area (Å²) >= 11 is 3.44. The fraction of sp³-hybridized carbons (Fsp3) is 0.462. The fourth-order valence-corrected chi connectivity index (χ4v) is 2.31. The van der Waals surface area contributed by atoms with E-state index in [2.05, 4.69) is 15.9 Å². The third-order valence-corrected chi connectivity index (χ3v) is 3.51. The molecule has 100 valence electrons. The number of hydrogen-bond donors (Lipinski definition) is 2. The molecule has 4 nitrogen and oxygen atoms in total. The van der Waals surface area contributed by atoms with E-state index in [0.29, 0.717) is 6.42 Å². The average Bonchev–Trinajstić information content (AvgIpc) is 2.28. The quantitative estimate of drug-likeness (QED) is 0.874. The summed E-state index contributed by atoms with van der Waals surface area (Å²) in [5.41, 5.74) is 7.88. The van der Waals surface area contributed by atoms with Gasteiger partial charge in [0, 0.05) is 10.5 Å². The Balaban J connectivity index is 3.04. The van der Waals surface area contributed by atoms with Gasteiger partial charge in [-0.25, -0.2) is 0 Å². The number of hydrogen-bond acceptors (Lipinski definition) is 3. The highest BCUT2D eigenvalue weighted by Gasteiger charge is 2.23. The molecule has 1 aromatic rings. The molecule has 0 fully saturated rings. The Hall–Kier alpha value is -0.910. The zero-order valence-electron chi connectivity index (χ0n) is 10.9. The molecular weight excluding hydrogens is 296 g/mol. The molecule has 0 aromatic heterocycles. The summed E-state index contributed by atoms with van der Waals surface area (Å²) in [6.45, 7) is 2.02. The van der Waals surface area contributed by atoms with Crippen molar-refractivity contribution in [2.24, 2.45) is 5.73 Å². The van der Waals surface area contributed by atoms with Crippen LogP contribution in [0, 0.1) is 6.92 Å². The summed E-state index contributed by atoms with van der Waals surface area (Å²) in [5, 5.41) is 8.93. The van der Waals surface area contributed by atoms with Crippen LogP contribution >= 0.6 is 15.9 Å². The Morgan fingerprint density at radius 3 is 2.61 bits per heavy atom. The zero-order valence-corrected chi connectivity index (χ0v) is 12.4. The van der Waals surface area contributed by atoms with Crippen LogP contribution in [0.3, 0.4) is 0 Å². The molecule has 18 heavy (non-hydrogen) atoms. The van der Waals surface area contributed by atoms with Gasteiger partial charge in [0.05, 0.1) is 0 Å². The van der Waals surface area contributed by atoms with E-state index in [1.54, 1.807) is 0 Å². The van der Waals surface area contributed by atoms with E-state index in [9.17, 15) is 4.79 Å². The lowest BCUT2D eigenvalue weighted by Crippen LogP contribution is -2.35. The minimum atomic E-state index is -0.963. The van der Waals surface area contributed by atoms with E-state index in [-0.39, 0.29) is 6.04 Å². The van der Waals surface area contributed by atoms with E-state index in [4.69, 9.17) is 10.8 Å². The Morgan fingerprint density at radius 2 is 2.11 bits per heavy atom. The highest BCUT2D eigenvalue weighted by molar-refractivity contribution is 9.10. The van der Waals surface area contributed by atoms with Gasteiger partial charge in [0.15, 0.2) is 0 Å². The van der Waals surface area contributed by atoms with Crippen molar-refractivity contribution in [1.29, 1.82) is 0 Å². The molecule has 3 N–H and O–H groups in total. The number of carbonyl (C=O) groups is 1. The first-order chi connectivity index (χ1) is 8.32. The number of rotatable bonds is 5. The van der Waals surface area contributed by atoms with Crippen molar-refractivity contribution < 1.29 is 9.90 Å². The summed E-state index contributed by atoms with van der Waals surface area (Å²) in [6.07, 6.45) is 0.389. The van der Waals surface area contributed by atoms with E-state index in [0.717, 1.165) is 15.6 Å². The van der Waals surface area contributed by atoms with Gasteiger partial charge in [-0.1, -0.05) is 22.0 Å². The smallest absolute Gasteiger partial charge is 0.320 e. The third-order valence-electron chi connectivity index (χ3n) is 3.02. The van der Waals surface area contributed by atoms with Crippen molar-refractivity contribution in [2.45, 2.75) is 25.4 Å². The molecule has 2 unspecified atom stereocenters. The van der Waals surface area contributed by atoms with Crippen LogP contribution in [0.5, 0.6) is 0 Å². The second-order valence-corrected chi connectivity index (χ2v) is 5.58. The maximum atomic E-state index is 10.9. The van der Waals surface area contributed by atoms with Gasteiger partial charge in [-0.15, -0.1) is 0 Å². The Kier molecular flexibility index (Phi) is 5.31. The van der Waals surface area contributed by atoms with E-state index in [1.165, 1.54) is 0 Å². The molecule has 0 aliphatic rings. The molecule has 0 amide bonds. The Morgan fingerprint density at radius 1 is 1.50 bits per heavy atom. The lowest BCUT2D eigenvalue weighted by atomic mass is 9.95. The molecule has 0 aliphatic heterocycles. The molecule has 5 heteroatoms. The first kappa shape index (κ1) is 15.1. The van der Waals surface area contributed by atoms with E-state index in [1.807, 2.05) is 44.1 Å². The van der Waals surface area contributed by atoms with Gasteiger partial charge in [0.25, 0.3) is 0 Å². The molecule has 0 spiro atoms. The molecule has 1 aromatic carbocycles. The van der Waals surface area contributed by atoms with E-state index < -0.39 is 12.0 Å². The van der Waals surface area contributed by atoms with Crippen LogP contribution < -0.4 is 5.73 Å². The number of nitrogens with zero attached hydrogens (tertiary/aromatic N) is 1. The number of carboxylic acids is 1. The summed E-state index contributed by atoms with van der Waals surface area (Å²) in [4.78, 5) is 12.9. The van der Waals surface area contributed by atoms with Crippen molar-refractivity contribution >= 4 is 21.9 Å². The topological polar surface area (TPSA) is 66.6 Å². The third kappa shape index (κ3) is 3.80. The van der Waals surface area contributed by atoms with Gasteiger partial charge in [0.1, 0.15) is 6.04 Å². The summed E-state index contributed by atoms with van der Waals surface area (Å²) < 4.78 is 0.985. The van der Waals surface area contributed by atoms with E-state index >= 15 is 0 Å². The summed E-state index contributed by atoms with van der Waals surface area (Å²) in [5.74, 6) is -0.963. The number of aliphatic carboxylic acids is 1. The largest absolute Gasteiger partial charge is 0.480 e. The average molecular weight is 315 g/mol. The van der Waals surface area contributed by atoms with Crippen molar-refractivity contribution in [3.63, 3.8) is 0 Å². The monoisotopic (exact) mass is 314 g/mol. The molecule has 0 saturated heterocycles. The predicted molar refractivity (Wildman–Crippen MR) is 75.5 cm³/mol. The van der Waals surface area contributed by atoms with Gasteiger partial charge in [-0.3, -0.25) is 4.79 Å². The zero-order chi connectivity index (χ0) is 13.9. The minimum Gasteiger partial charge on any atom is -0.480 e. The fourth-order valence-electron chi connectivity index (χ4n) is 1.93.